The maximum Gasteiger partial charge on any atom is 0.390 e. The second kappa shape index (κ2) is 2.16. The van der Waals surface area contributed by atoms with Gasteiger partial charge in [-0.1, -0.05) is 0 Å². The van der Waals surface area contributed by atoms with Crippen LogP contribution in [-0.2, 0) is 0 Å². The van der Waals surface area contributed by atoms with E-state index in [0.29, 0.717) is 0 Å². The van der Waals surface area contributed by atoms with Crippen LogP contribution in [0.4, 0.5) is 13.2 Å². The lowest BCUT2D eigenvalue weighted by molar-refractivity contribution is -0.132. The number of hydrogen-bond acceptors (Lipinski definition) is 1. The fraction of sp³-hybridized carbons (Fsp3) is 1.00. The van der Waals surface area contributed by atoms with Crippen molar-refractivity contribution in [1.82, 2.24) is 0 Å². The minimum absolute atomic E-state index is 0. The van der Waals surface area contributed by atoms with Crippen LogP contribution in [0.25, 0.3) is 0 Å². The Morgan fingerprint density at radius 3 is 1.86 bits per heavy atom. The van der Waals surface area contributed by atoms with Gasteiger partial charge in [0.15, 0.2) is 0 Å². The van der Waals surface area contributed by atoms with Gasteiger partial charge in [0.05, 0.1) is 6.42 Å². The van der Waals surface area contributed by atoms with Gasteiger partial charge in [0.1, 0.15) is 0 Å². The Balaban J connectivity index is 0. The molecule has 0 spiro atoms. The van der Waals surface area contributed by atoms with Crippen molar-refractivity contribution < 1.29 is 14.6 Å². The third-order valence-electron chi connectivity index (χ3n) is 0.428. The van der Waals surface area contributed by atoms with Crippen LogP contribution >= 0.6 is 0 Å². The molecule has 0 atom stereocenters. The Labute approximate surface area is 40.8 Å². The number of halogens is 3. The maximum absolute atomic E-state index is 11.0. The van der Waals surface area contributed by atoms with Crippen molar-refractivity contribution in [2.75, 3.05) is 6.54 Å². The van der Waals surface area contributed by atoms with Crippen molar-refractivity contribution in [2.24, 2.45) is 5.73 Å². The van der Waals surface area contributed by atoms with Gasteiger partial charge in [0, 0.05) is 7.97 Å². The number of nitrogens with two attached hydrogens (primary N) is 1. The molecule has 0 aliphatic heterocycles. The third kappa shape index (κ3) is 5.75. The first-order chi connectivity index (χ1) is 3.06. The van der Waals surface area contributed by atoms with Gasteiger partial charge >= 0.3 is 6.18 Å². The van der Waals surface area contributed by atoms with Gasteiger partial charge in [-0.2, -0.15) is 13.2 Å². The molecule has 46 valence electrons. The van der Waals surface area contributed by atoms with Crippen molar-refractivity contribution in [3.8, 4) is 0 Å². The van der Waals surface area contributed by atoms with Crippen LogP contribution < -0.4 is 5.73 Å². The normalized spacial score (nSPS) is 12.0. The fourth-order valence-electron chi connectivity index (χ4n) is 0.164. The van der Waals surface area contributed by atoms with Crippen molar-refractivity contribution in [3.05, 3.63) is 0 Å². The highest BCUT2D eigenvalue weighted by Gasteiger charge is 2.24. The summed E-state index contributed by atoms with van der Waals surface area (Å²) in [6, 6.07) is 0. The molecule has 0 saturated heterocycles. The first kappa shape index (κ1) is 6.75. The summed E-state index contributed by atoms with van der Waals surface area (Å²) in [4.78, 5) is 0. The Bertz CT molecular complexity index is 53.0. The predicted molar refractivity (Wildman–Crippen MR) is 21.8 cm³/mol. The number of rotatable bonds is 1. The van der Waals surface area contributed by atoms with Crippen LogP contribution in [0.5, 0.6) is 0 Å². The van der Waals surface area contributed by atoms with Gasteiger partial charge in [0.2, 0.25) is 0 Å². The summed E-state index contributed by atoms with van der Waals surface area (Å²) in [7, 11) is 0. The Hall–Kier alpha value is -0.250. The highest BCUT2D eigenvalue weighted by molar-refractivity contribution is 4.47. The van der Waals surface area contributed by atoms with Crippen LogP contribution in [-0.4, -0.2) is 12.7 Å². The standard InChI is InChI=1S/C3H6F3N.H2/c4-3(5,6)1-2-7;/h1-2,7H2;1H. The zero-order valence-corrected chi connectivity index (χ0v) is 3.63. The molecule has 1 nitrogen and oxygen atoms in total. The maximum atomic E-state index is 11.0. The summed E-state index contributed by atoms with van der Waals surface area (Å²) in [5.41, 5.74) is 4.59. The summed E-state index contributed by atoms with van der Waals surface area (Å²) in [6.07, 6.45) is -4.96. The second-order valence-electron chi connectivity index (χ2n) is 1.15. The molecule has 0 radical (unpaired) electrons. The smallest absolute Gasteiger partial charge is 0.330 e. The molecule has 0 rings (SSSR count). The summed E-state index contributed by atoms with van der Waals surface area (Å²) in [5, 5.41) is 0. The van der Waals surface area contributed by atoms with Crippen LogP contribution in [0.1, 0.15) is 7.85 Å². The lowest BCUT2D eigenvalue weighted by atomic mass is 10.4. The Kier molecular flexibility index (Phi) is 2.08. The largest absolute Gasteiger partial charge is 0.390 e. The van der Waals surface area contributed by atoms with E-state index < -0.39 is 12.6 Å². The molecule has 0 heterocycles. The summed E-state index contributed by atoms with van der Waals surface area (Å²) in [6.45, 7) is -0.316. The van der Waals surface area contributed by atoms with Gasteiger partial charge in [-0.3, -0.25) is 0 Å². The van der Waals surface area contributed by atoms with Gasteiger partial charge in [-0.15, -0.1) is 0 Å². The SMILES string of the molecule is NCCC(F)(F)F.[HH]. The molecule has 7 heavy (non-hydrogen) atoms. The zero-order valence-electron chi connectivity index (χ0n) is 3.63. The summed E-state index contributed by atoms with van der Waals surface area (Å²) in [5.74, 6) is 0. The molecule has 0 aromatic carbocycles. The Morgan fingerprint density at radius 1 is 1.43 bits per heavy atom. The number of hydrogen-bond donors (Lipinski definition) is 1. The highest BCUT2D eigenvalue weighted by Crippen LogP contribution is 2.17. The van der Waals surface area contributed by atoms with Crippen molar-refractivity contribution >= 4 is 0 Å². The van der Waals surface area contributed by atoms with E-state index in [2.05, 4.69) is 5.73 Å². The van der Waals surface area contributed by atoms with Crippen LogP contribution in [0.15, 0.2) is 0 Å². The zero-order chi connectivity index (χ0) is 5.91. The van der Waals surface area contributed by atoms with Gasteiger partial charge in [0.25, 0.3) is 0 Å². The van der Waals surface area contributed by atoms with E-state index in [1.807, 2.05) is 0 Å². The van der Waals surface area contributed by atoms with E-state index in [0.717, 1.165) is 0 Å². The molecule has 0 fully saturated rings. The number of alkyl halides is 3. The first-order valence-corrected chi connectivity index (χ1v) is 1.83. The van der Waals surface area contributed by atoms with E-state index in [1.54, 1.807) is 0 Å². The monoisotopic (exact) mass is 115 g/mol. The van der Waals surface area contributed by atoms with E-state index in [9.17, 15) is 13.2 Å². The molecule has 0 unspecified atom stereocenters. The van der Waals surface area contributed by atoms with E-state index in [4.69, 9.17) is 0 Å². The average Bonchev–Trinajstić information content (AvgIpc) is 1.30. The fourth-order valence-corrected chi connectivity index (χ4v) is 0.164. The highest BCUT2D eigenvalue weighted by atomic mass is 19.4. The minimum Gasteiger partial charge on any atom is -0.330 e. The third-order valence-corrected chi connectivity index (χ3v) is 0.428. The van der Waals surface area contributed by atoms with Gasteiger partial charge in [-0.25, -0.2) is 0 Å². The van der Waals surface area contributed by atoms with Crippen molar-refractivity contribution in [1.29, 1.82) is 0 Å². The first-order valence-electron chi connectivity index (χ1n) is 1.83. The average molecular weight is 115 g/mol. The van der Waals surface area contributed by atoms with Crippen LogP contribution in [0.2, 0.25) is 0 Å². The van der Waals surface area contributed by atoms with Gasteiger partial charge < -0.3 is 5.73 Å². The van der Waals surface area contributed by atoms with Gasteiger partial charge in [-0.05, 0) is 0 Å². The molecule has 0 aliphatic carbocycles. The summed E-state index contributed by atoms with van der Waals surface area (Å²) < 4.78 is 32.9. The molecule has 0 bridgehead atoms. The van der Waals surface area contributed by atoms with Crippen molar-refractivity contribution in [3.63, 3.8) is 0 Å². The van der Waals surface area contributed by atoms with E-state index >= 15 is 0 Å². The lowest BCUT2D eigenvalue weighted by Crippen LogP contribution is -2.14. The minimum atomic E-state index is -4.07. The molecule has 2 N–H and O–H groups in total. The molecular weight excluding hydrogens is 107 g/mol. The molecular formula is C3H8F3N. The van der Waals surface area contributed by atoms with E-state index in [-0.39, 0.29) is 7.97 Å². The van der Waals surface area contributed by atoms with Crippen LogP contribution in [0, 0.1) is 0 Å². The molecule has 0 aromatic rings. The van der Waals surface area contributed by atoms with Crippen molar-refractivity contribution in [2.45, 2.75) is 12.6 Å². The molecule has 0 saturated carbocycles. The molecule has 0 amide bonds. The summed E-state index contributed by atoms with van der Waals surface area (Å²) >= 11 is 0. The Morgan fingerprint density at radius 2 is 1.86 bits per heavy atom. The van der Waals surface area contributed by atoms with Crippen LogP contribution in [0.3, 0.4) is 0 Å². The molecule has 0 aliphatic rings. The van der Waals surface area contributed by atoms with E-state index in [1.165, 1.54) is 0 Å². The molecule has 0 aromatic heterocycles. The lowest BCUT2D eigenvalue weighted by Gasteiger charge is -2.00. The second-order valence-corrected chi connectivity index (χ2v) is 1.15. The molecule has 4 heteroatoms. The quantitative estimate of drug-likeness (QED) is 0.545. The topological polar surface area (TPSA) is 26.0 Å². The predicted octanol–water partition coefficient (Wildman–Crippen LogP) is 1.14.